The summed E-state index contributed by atoms with van der Waals surface area (Å²) >= 11 is 14.7. The first kappa shape index (κ1) is 25.9. The molecular weight excluding hydrogens is 535 g/mol. The van der Waals surface area contributed by atoms with Crippen molar-refractivity contribution in [1.82, 2.24) is 5.32 Å². The number of benzene rings is 2. The molecule has 0 saturated carbocycles. The van der Waals surface area contributed by atoms with E-state index < -0.39 is 5.92 Å². The second kappa shape index (κ2) is 11.7. The maximum Gasteiger partial charge on any atom is 0.254 e. The fourth-order valence-corrected chi connectivity index (χ4v) is 6.01. The molecule has 3 N–H and O–H groups in total. The van der Waals surface area contributed by atoms with E-state index in [0.717, 1.165) is 4.88 Å². The lowest BCUT2D eigenvalue weighted by atomic mass is 9.86. The Balaban J connectivity index is 1.57. The predicted octanol–water partition coefficient (Wildman–Crippen LogP) is 6.76. The van der Waals surface area contributed by atoms with Gasteiger partial charge in [0.2, 0.25) is 5.91 Å². The fraction of sp³-hybridized carbons (Fsp3) is 0.115. The molecule has 36 heavy (non-hydrogen) atoms. The van der Waals surface area contributed by atoms with Crippen molar-refractivity contribution in [1.29, 1.82) is 5.26 Å². The third-order valence-corrected chi connectivity index (χ3v) is 7.64. The molecule has 3 aromatic rings. The summed E-state index contributed by atoms with van der Waals surface area (Å²) in [5.41, 5.74) is 2.60. The van der Waals surface area contributed by atoms with Crippen molar-refractivity contribution in [3.63, 3.8) is 0 Å². The van der Waals surface area contributed by atoms with Crippen LogP contribution in [-0.2, 0) is 9.59 Å². The van der Waals surface area contributed by atoms with Gasteiger partial charge in [-0.15, -0.1) is 11.3 Å². The Labute approximate surface area is 227 Å². The number of hydrogen-bond donors (Lipinski definition) is 3. The maximum absolute atomic E-state index is 13.3. The summed E-state index contributed by atoms with van der Waals surface area (Å²) in [4.78, 5) is 26.8. The number of thiophene rings is 1. The number of allylic oxidation sites excluding steroid dienone is 2. The molecule has 2 heterocycles. The monoisotopic (exact) mass is 554 g/mol. The quantitative estimate of drug-likeness (QED) is 0.300. The SMILES string of the molecule is CC1=C(C(=O)Nc2ccccc2)C(c2cccs2)C(C#N)=C(SCC(=O)Nc2cc(Cl)cc(Cl)c2)N1. The summed E-state index contributed by atoms with van der Waals surface area (Å²) in [6.07, 6.45) is 0. The van der Waals surface area contributed by atoms with E-state index in [0.29, 0.717) is 43.3 Å². The van der Waals surface area contributed by atoms with Gasteiger partial charge in [-0.1, -0.05) is 59.2 Å². The van der Waals surface area contributed by atoms with E-state index in [1.807, 2.05) is 35.7 Å². The summed E-state index contributed by atoms with van der Waals surface area (Å²) in [6.45, 7) is 1.79. The molecule has 10 heteroatoms. The van der Waals surface area contributed by atoms with Gasteiger partial charge in [-0.05, 0) is 48.7 Å². The van der Waals surface area contributed by atoms with Gasteiger partial charge in [0.05, 0.1) is 28.3 Å². The molecule has 0 fully saturated rings. The largest absolute Gasteiger partial charge is 0.353 e. The number of nitrogens with one attached hydrogen (secondary N) is 3. The predicted molar refractivity (Wildman–Crippen MR) is 148 cm³/mol. The van der Waals surface area contributed by atoms with Crippen LogP contribution in [0.25, 0.3) is 0 Å². The Morgan fingerprint density at radius 3 is 2.42 bits per heavy atom. The number of rotatable bonds is 7. The van der Waals surface area contributed by atoms with Crippen molar-refractivity contribution in [3.05, 3.63) is 103 Å². The minimum atomic E-state index is -0.558. The molecule has 0 bridgehead atoms. The van der Waals surface area contributed by atoms with E-state index in [4.69, 9.17) is 23.2 Å². The summed E-state index contributed by atoms with van der Waals surface area (Å²) in [5.74, 6) is -1.10. The van der Waals surface area contributed by atoms with Crippen LogP contribution in [0.3, 0.4) is 0 Å². The van der Waals surface area contributed by atoms with Gasteiger partial charge < -0.3 is 16.0 Å². The van der Waals surface area contributed by atoms with Gasteiger partial charge in [-0.3, -0.25) is 9.59 Å². The molecule has 4 rings (SSSR count). The second-order valence-corrected chi connectivity index (χ2v) is 10.6. The number of anilines is 2. The van der Waals surface area contributed by atoms with Crippen LogP contribution >= 0.6 is 46.3 Å². The number of hydrogen-bond acceptors (Lipinski definition) is 6. The zero-order chi connectivity index (χ0) is 25.7. The van der Waals surface area contributed by atoms with Gasteiger partial charge in [0, 0.05) is 37.6 Å². The highest BCUT2D eigenvalue weighted by atomic mass is 35.5. The average Bonchev–Trinajstić information content (AvgIpc) is 3.37. The zero-order valence-electron chi connectivity index (χ0n) is 19.0. The molecule has 1 unspecified atom stereocenters. The van der Waals surface area contributed by atoms with Gasteiger partial charge in [-0.25, -0.2) is 0 Å². The van der Waals surface area contributed by atoms with Crippen molar-refractivity contribution >= 4 is 69.5 Å². The van der Waals surface area contributed by atoms with Gasteiger partial charge in [0.25, 0.3) is 5.91 Å². The van der Waals surface area contributed by atoms with Crippen LogP contribution in [0.2, 0.25) is 10.0 Å². The molecule has 6 nitrogen and oxygen atoms in total. The van der Waals surface area contributed by atoms with E-state index in [9.17, 15) is 14.9 Å². The highest BCUT2D eigenvalue weighted by molar-refractivity contribution is 8.03. The molecular formula is C26H20Cl2N4O2S2. The molecule has 182 valence electrons. The molecule has 1 aliphatic heterocycles. The van der Waals surface area contributed by atoms with E-state index in [1.54, 1.807) is 37.3 Å². The molecule has 1 aromatic heterocycles. The Bertz CT molecular complexity index is 1380. The number of halogens is 2. The van der Waals surface area contributed by atoms with Crippen LogP contribution in [0.4, 0.5) is 11.4 Å². The van der Waals surface area contributed by atoms with Crippen molar-refractivity contribution in [2.45, 2.75) is 12.8 Å². The number of dihydropyridines is 1. The van der Waals surface area contributed by atoms with Crippen LogP contribution in [0, 0.1) is 11.3 Å². The number of para-hydroxylation sites is 1. The van der Waals surface area contributed by atoms with Crippen molar-refractivity contribution < 1.29 is 9.59 Å². The summed E-state index contributed by atoms with van der Waals surface area (Å²) in [7, 11) is 0. The molecule has 2 aromatic carbocycles. The number of thioether (sulfide) groups is 1. The Morgan fingerprint density at radius 1 is 1.06 bits per heavy atom. The fourth-order valence-electron chi connectivity index (χ4n) is 3.75. The lowest BCUT2D eigenvalue weighted by Gasteiger charge is -2.29. The van der Waals surface area contributed by atoms with Gasteiger partial charge in [-0.2, -0.15) is 5.26 Å². The smallest absolute Gasteiger partial charge is 0.254 e. The van der Waals surface area contributed by atoms with Crippen LogP contribution in [0.5, 0.6) is 0 Å². The third-order valence-electron chi connectivity index (χ3n) is 5.25. The first-order valence-electron chi connectivity index (χ1n) is 10.8. The van der Waals surface area contributed by atoms with Crippen molar-refractivity contribution in [3.8, 4) is 6.07 Å². The number of carbonyl (C=O) groups excluding carboxylic acids is 2. The third kappa shape index (κ3) is 6.12. The Hall–Kier alpha value is -3.22. The van der Waals surface area contributed by atoms with E-state index in [2.05, 4.69) is 22.0 Å². The number of nitrogens with zero attached hydrogens (tertiary/aromatic N) is 1. The van der Waals surface area contributed by atoms with Crippen molar-refractivity contribution in [2.24, 2.45) is 0 Å². The molecule has 0 spiro atoms. The molecule has 0 saturated heterocycles. The molecule has 2 amide bonds. The Kier molecular flexibility index (Phi) is 8.39. The minimum absolute atomic E-state index is 0.0353. The lowest BCUT2D eigenvalue weighted by molar-refractivity contribution is -0.114. The number of amides is 2. The topological polar surface area (TPSA) is 94.0 Å². The van der Waals surface area contributed by atoms with E-state index in [1.165, 1.54) is 23.1 Å². The summed E-state index contributed by atoms with van der Waals surface area (Å²) in [6, 6.07) is 20.0. The van der Waals surface area contributed by atoms with E-state index in [-0.39, 0.29) is 17.6 Å². The first-order chi connectivity index (χ1) is 17.4. The summed E-state index contributed by atoms with van der Waals surface area (Å²) < 4.78 is 0. The average molecular weight is 556 g/mol. The highest BCUT2D eigenvalue weighted by Gasteiger charge is 2.35. The standard InChI is InChI=1S/C26H20Cl2N4O2S2/c1-15-23(25(34)32-18-6-3-2-4-7-18)24(21-8-5-9-35-21)20(13-29)26(30-15)36-14-22(33)31-19-11-16(27)10-17(28)12-19/h2-12,24,30H,14H2,1H3,(H,31,33)(H,32,34). The molecule has 1 aliphatic rings. The number of nitriles is 1. The van der Waals surface area contributed by atoms with E-state index >= 15 is 0 Å². The Morgan fingerprint density at radius 2 is 1.78 bits per heavy atom. The van der Waals surface area contributed by atoms with Gasteiger partial charge in [0.15, 0.2) is 0 Å². The molecule has 0 aliphatic carbocycles. The zero-order valence-corrected chi connectivity index (χ0v) is 22.1. The van der Waals surface area contributed by atoms with Crippen LogP contribution < -0.4 is 16.0 Å². The van der Waals surface area contributed by atoms with Crippen LogP contribution in [0.15, 0.2) is 87.9 Å². The molecule has 0 radical (unpaired) electrons. The highest BCUT2D eigenvalue weighted by Crippen LogP contribution is 2.42. The van der Waals surface area contributed by atoms with Crippen LogP contribution in [-0.4, -0.2) is 17.6 Å². The molecule has 1 atom stereocenters. The van der Waals surface area contributed by atoms with Gasteiger partial charge >= 0.3 is 0 Å². The maximum atomic E-state index is 13.3. The summed E-state index contributed by atoms with van der Waals surface area (Å²) in [5, 5.41) is 22.3. The second-order valence-electron chi connectivity index (χ2n) is 7.78. The van der Waals surface area contributed by atoms with Crippen molar-refractivity contribution in [2.75, 3.05) is 16.4 Å². The first-order valence-corrected chi connectivity index (χ1v) is 13.4. The van der Waals surface area contributed by atoms with Crippen LogP contribution in [0.1, 0.15) is 17.7 Å². The normalized spacial score (nSPS) is 15.2. The number of carbonyl (C=O) groups is 2. The minimum Gasteiger partial charge on any atom is -0.353 e. The lowest BCUT2D eigenvalue weighted by Crippen LogP contribution is -2.30. The van der Waals surface area contributed by atoms with Gasteiger partial charge in [0.1, 0.15) is 0 Å².